The van der Waals surface area contributed by atoms with Crippen LogP contribution in [-0.4, -0.2) is 95.4 Å². The first-order valence-electron chi connectivity index (χ1n) is 16.8. The van der Waals surface area contributed by atoms with E-state index in [-0.39, 0.29) is 0 Å². The average Bonchev–Trinajstić information content (AvgIpc) is 3.69. The Bertz CT molecular complexity index is 1780. The Balaban J connectivity index is 1.34. The van der Waals surface area contributed by atoms with Gasteiger partial charge in [-0.25, -0.2) is 4.79 Å². The van der Waals surface area contributed by atoms with Crippen LogP contribution < -0.4 is 9.80 Å². The summed E-state index contributed by atoms with van der Waals surface area (Å²) in [5.74, 6) is -0.994. The number of anilines is 2. The van der Waals surface area contributed by atoms with Crippen LogP contribution in [0.3, 0.4) is 0 Å². The van der Waals surface area contributed by atoms with Gasteiger partial charge in [0.15, 0.2) is 11.1 Å². The Morgan fingerprint density at radius 2 is 1.72 bits per heavy atom. The Morgan fingerprint density at radius 1 is 1.02 bits per heavy atom. The molecule has 0 spiro atoms. The van der Waals surface area contributed by atoms with Gasteiger partial charge < -0.3 is 28.9 Å². The first-order valence-corrected chi connectivity index (χ1v) is 17.6. The van der Waals surface area contributed by atoms with Crippen molar-refractivity contribution in [3.63, 3.8) is 0 Å². The second-order valence-electron chi connectivity index (χ2n) is 14.2. The van der Waals surface area contributed by atoms with Crippen LogP contribution in [0.2, 0.25) is 0 Å². The van der Waals surface area contributed by atoms with Crippen LogP contribution >= 0.6 is 11.3 Å². The number of rotatable bonds is 7. The van der Waals surface area contributed by atoms with E-state index in [1.807, 2.05) is 27.7 Å². The number of hydrogen-bond donors (Lipinski definition) is 1. The molecular weight excluding hydrogens is 613 g/mol. The monoisotopic (exact) mass is 658 g/mol. The van der Waals surface area contributed by atoms with Gasteiger partial charge in [-0.15, -0.1) is 10.2 Å². The molecule has 10 nitrogen and oxygen atoms in total. The maximum absolute atomic E-state index is 13.0. The van der Waals surface area contributed by atoms with E-state index in [9.17, 15) is 9.90 Å². The van der Waals surface area contributed by atoms with Crippen molar-refractivity contribution in [2.75, 3.05) is 62.8 Å². The number of aliphatic carboxylic acids is 1. The van der Waals surface area contributed by atoms with Gasteiger partial charge in [0.1, 0.15) is 0 Å². The quantitative estimate of drug-likeness (QED) is 0.251. The smallest absolute Gasteiger partial charge is 0.337 e. The van der Waals surface area contributed by atoms with Gasteiger partial charge >= 0.3 is 5.97 Å². The third-order valence-corrected chi connectivity index (χ3v) is 10.9. The van der Waals surface area contributed by atoms with Crippen LogP contribution in [0.25, 0.3) is 32.7 Å². The summed E-state index contributed by atoms with van der Waals surface area (Å²) in [6, 6.07) is 11.2. The van der Waals surface area contributed by atoms with Gasteiger partial charge in [0.05, 0.1) is 22.5 Å². The van der Waals surface area contributed by atoms with Crippen molar-refractivity contribution in [1.82, 2.24) is 19.7 Å². The summed E-state index contributed by atoms with van der Waals surface area (Å²) in [5, 5.41) is 22.9. The topological polar surface area (TPSA) is 96.2 Å². The first kappa shape index (κ1) is 32.1. The average molecular weight is 659 g/mol. The molecule has 3 aliphatic rings. The SMILES string of the molecule is Cc1ccc(-c2c([C@H](OC(C)(C)C)C(=O)O)c(C)c3c4c2cc(-c2nnc(N5CCN(C6CCOCC6)CC5)s2)n4CCN3C)cc1. The van der Waals surface area contributed by atoms with Crippen LogP contribution in [-0.2, 0) is 20.8 Å². The van der Waals surface area contributed by atoms with Gasteiger partial charge in [0.2, 0.25) is 5.13 Å². The van der Waals surface area contributed by atoms with Crippen LogP contribution in [0.15, 0.2) is 30.3 Å². The summed E-state index contributed by atoms with van der Waals surface area (Å²) in [6.45, 7) is 17.1. The lowest BCUT2D eigenvalue weighted by molar-refractivity contribution is -0.160. The molecule has 0 unspecified atom stereocenters. The maximum atomic E-state index is 13.0. The van der Waals surface area contributed by atoms with Crippen molar-refractivity contribution in [2.45, 2.75) is 71.8 Å². The van der Waals surface area contributed by atoms with E-state index >= 15 is 0 Å². The minimum Gasteiger partial charge on any atom is -0.479 e. The third kappa shape index (κ3) is 6.03. The van der Waals surface area contributed by atoms with Gasteiger partial charge in [-0.3, -0.25) is 4.90 Å². The van der Waals surface area contributed by atoms with E-state index in [4.69, 9.17) is 19.7 Å². The minimum absolute atomic E-state index is 0.620. The number of likely N-dealkylation sites (N-methyl/N-ethyl adjacent to an activating group) is 1. The lowest BCUT2D eigenvalue weighted by Crippen LogP contribution is -2.51. The van der Waals surface area contributed by atoms with Gasteiger partial charge in [0.25, 0.3) is 0 Å². The fourth-order valence-corrected chi connectivity index (χ4v) is 8.51. The maximum Gasteiger partial charge on any atom is 0.337 e. The predicted octanol–water partition coefficient (Wildman–Crippen LogP) is 6.14. The predicted molar refractivity (Wildman–Crippen MR) is 188 cm³/mol. The zero-order valence-corrected chi connectivity index (χ0v) is 29.2. The van der Waals surface area contributed by atoms with Crippen molar-refractivity contribution >= 4 is 39.0 Å². The fraction of sp³-hybridized carbons (Fsp3) is 0.528. The standard InChI is InChI=1S/C36H46N6O4S/c1-22-7-9-24(10-8-22)29-26-21-27(33-37-38-35(47-33)41-16-14-40(15-17-41)25-11-19-45-20-12-25)42-18-13-39(6)30(31(26)42)23(2)28(29)32(34(43)44)46-36(3,4)5/h7-10,21,25,32H,11-20H2,1-6H3,(H,43,44)/t32-/m0/s1. The Labute approximate surface area is 280 Å². The Morgan fingerprint density at radius 3 is 2.38 bits per heavy atom. The molecule has 1 N–H and O–H groups in total. The summed E-state index contributed by atoms with van der Waals surface area (Å²) >= 11 is 1.65. The molecule has 0 aliphatic carbocycles. The number of carbonyl (C=O) groups is 1. The summed E-state index contributed by atoms with van der Waals surface area (Å²) in [6.07, 6.45) is 1.10. The molecule has 47 heavy (non-hydrogen) atoms. The molecule has 2 aromatic heterocycles. The fourth-order valence-electron chi connectivity index (χ4n) is 7.59. The number of carboxylic acids is 1. The van der Waals surface area contributed by atoms with E-state index in [0.29, 0.717) is 11.6 Å². The highest BCUT2D eigenvalue weighted by Gasteiger charge is 2.36. The lowest BCUT2D eigenvalue weighted by Gasteiger charge is -2.40. The molecule has 3 aliphatic heterocycles. The van der Waals surface area contributed by atoms with Crippen molar-refractivity contribution in [2.24, 2.45) is 0 Å². The highest BCUT2D eigenvalue weighted by atomic mass is 32.1. The second-order valence-corrected chi connectivity index (χ2v) is 15.2. The lowest BCUT2D eigenvalue weighted by atomic mass is 9.87. The van der Waals surface area contributed by atoms with Crippen LogP contribution in [0.1, 0.15) is 56.4 Å². The molecule has 2 fully saturated rings. The molecular formula is C36H46N6O4S. The number of aryl methyl sites for hydroxylation is 1. The first-order chi connectivity index (χ1) is 22.5. The van der Waals surface area contributed by atoms with Crippen molar-refractivity contribution < 1.29 is 19.4 Å². The summed E-state index contributed by atoms with van der Waals surface area (Å²) in [5.41, 5.74) is 7.17. The highest BCUT2D eigenvalue weighted by Crippen LogP contribution is 2.49. The molecule has 0 bridgehead atoms. The number of hydrogen-bond acceptors (Lipinski definition) is 9. The molecule has 7 rings (SSSR count). The molecule has 0 saturated carbocycles. The van der Waals surface area contributed by atoms with Gasteiger partial charge in [-0.1, -0.05) is 41.2 Å². The van der Waals surface area contributed by atoms with E-state index in [1.165, 1.54) is 0 Å². The number of carboxylic acid groups (broad SMARTS) is 1. The van der Waals surface area contributed by atoms with Crippen molar-refractivity contribution in [3.8, 4) is 21.8 Å². The number of nitrogens with zero attached hydrogens (tertiary/aromatic N) is 6. The zero-order valence-electron chi connectivity index (χ0n) is 28.4. The van der Waals surface area contributed by atoms with Gasteiger partial charge in [-0.2, -0.15) is 0 Å². The molecule has 11 heteroatoms. The largest absolute Gasteiger partial charge is 0.479 e. The van der Waals surface area contributed by atoms with Crippen LogP contribution in [0.4, 0.5) is 10.8 Å². The summed E-state index contributed by atoms with van der Waals surface area (Å²) < 4.78 is 14.3. The van der Waals surface area contributed by atoms with E-state index in [0.717, 1.165) is 120 Å². The minimum atomic E-state index is -1.14. The summed E-state index contributed by atoms with van der Waals surface area (Å²) in [4.78, 5) is 20.2. The number of aromatic nitrogens is 3. The molecule has 2 aromatic carbocycles. The van der Waals surface area contributed by atoms with E-state index in [1.54, 1.807) is 11.3 Å². The normalized spacial score (nSPS) is 18.7. The molecule has 0 amide bonds. The number of benzene rings is 2. The number of ether oxygens (including phenoxy) is 2. The molecule has 5 heterocycles. The molecule has 1 atom stereocenters. The zero-order chi connectivity index (χ0) is 33.0. The van der Waals surface area contributed by atoms with Crippen molar-refractivity contribution in [1.29, 1.82) is 0 Å². The summed E-state index contributed by atoms with van der Waals surface area (Å²) in [7, 11) is 2.09. The van der Waals surface area contributed by atoms with Crippen molar-refractivity contribution in [3.05, 3.63) is 47.0 Å². The van der Waals surface area contributed by atoms with Crippen LogP contribution in [0.5, 0.6) is 0 Å². The number of piperazine rings is 1. The molecule has 0 radical (unpaired) electrons. The Hall–Kier alpha value is -3.51. The van der Waals surface area contributed by atoms with Gasteiger partial charge in [-0.05, 0) is 70.2 Å². The second kappa shape index (κ2) is 12.5. The van der Waals surface area contributed by atoms with E-state index in [2.05, 4.69) is 63.6 Å². The van der Waals surface area contributed by atoms with Gasteiger partial charge in [0, 0.05) is 76.5 Å². The van der Waals surface area contributed by atoms with Crippen LogP contribution in [0, 0.1) is 13.8 Å². The Kier molecular flexibility index (Phi) is 8.53. The molecule has 250 valence electrons. The molecule has 2 saturated heterocycles. The third-order valence-electron chi connectivity index (χ3n) is 9.88. The van der Waals surface area contributed by atoms with E-state index < -0.39 is 17.7 Å². The highest BCUT2D eigenvalue weighted by molar-refractivity contribution is 7.18. The molecule has 4 aromatic rings.